The minimum absolute atomic E-state index is 0.633. The van der Waals surface area contributed by atoms with Gasteiger partial charge in [-0.1, -0.05) is 20.8 Å². The van der Waals surface area contributed by atoms with Crippen LogP contribution < -0.4 is 5.32 Å². The van der Waals surface area contributed by atoms with Crippen molar-refractivity contribution in [2.45, 2.75) is 46.1 Å². The number of hydrogen-bond donors (Lipinski definition) is 1. The largest absolute Gasteiger partial charge is 0.312 e. The van der Waals surface area contributed by atoms with Crippen molar-refractivity contribution >= 4 is 0 Å². The molecule has 3 nitrogen and oxygen atoms in total. The van der Waals surface area contributed by atoms with Gasteiger partial charge in [-0.15, -0.1) is 0 Å². The van der Waals surface area contributed by atoms with Crippen LogP contribution in [0.2, 0.25) is 0 Å². The zero-order valence-corrected chi connectivity index (χ0v) is 12.9. The number of nitrogens with zero attached hydrogens (tertiary/aromatic N) is 2. The van der Waals surface area contributed by atoms with Crippen molar-refractivity contribution in [2.24, 2.45) is 5.92 Å². The molecule has 0 aromatic heterocycles. The van der Waals surface area contributed by atoms with Gasteiger partial charge in [0.15, 0.2) is 0 Å². The highest BCUT2D eigenvalue weighted by molar-refractivity contribution is 4.75. The summed E-state index contributed by atoms with van der Waals surface area (Å²) in [6.07, 6.45) is 4.02. The maximum Gasteiger partial charge on any atom is 0.0217 e. The lowest BCUT2D eigenvalue weighted by molar-refractivity contribution is 0.221. The van der Waals surface area contributed by atoms with Crippen LogP contribution in [0, 0.1) is 5.92 Å². The Morgan fingerprint density at radius 3 is 2.44 bits per heavy atom. The second kappa shape index (κ2) is 8.89. The molecule has 0 bridgehead atoms. The van der Waals surface area contributed by atoms with E-state index in [0.29, 0.717) is 12.0 Å². The molecule has 0 aromatic rings. The third kappa shape index (κ3) is 6.17. The highest BCUT2D eigenvalue weighted by atomic mass is 15.2. The molecule has 0 aromatic carbocycles. The first kappa shape index (κ1) is 15.9. The van der Waals surface area contributed by atoms with E-state index < -0.39 is 0 Å². The minimum atomic E-state index is 0.633. The lowest BCUT2D eigenvalue weighted by Crippen LogP contribution is -2.45. The zero-order valence-electron chi connectivity index (χ0n) is 12.9. The van der Waals surface area contributed by atoms with E-state index in [4.69, 9.17) is 0 Å². The van der Waals surface area contributed by atoms with Gasteiger partial charge in [0.25, 0.3) is 0 Å². The van der Waals surface area contributed by atoms with Crippen LogP contribution in [0.4, 0.5) is 0 Å². The Balaban J connectivity index is 2.19. The first-order valence-corrected chi connectivity index (χ1v) is 7.77. The smallest absolute Gasteiger partial charge is 0.0217 e. The van der Waals surface area contributed by atoms with Crippen LogP contribution in [0.25, 0.3) is 0 Å². The summed E-state index contributed by atoms with van der Waals surface area (Å²) >= 11 is 0. The van der Waals surface area contributed by atoms with E-state index in [2.05, 4.69) is 42.9 Å². The molecule has 1 unspecified atom stereocenters. The van der Waals surface area contributed by atoms with E-state index >= 15 is 0 Å². The molecule has 1 aliphatic heterocycles. The van der Waals surface area contributed by atoms with Crippen molar-refractivity contribution in [3.05, 3.63) is 0 Å². The average Bonchev–Trinajstić information content (AvgIpc) is 2.84. The van der Waals surface area contributed by atoms with Crippen molar-refractivity contribution in [2.75, 3.05) is 46.3 Å². The second-order valence-electron chi connectivity index (χ2n) is 6.12. The SMILES string of the molecule is CCCNC(CN(C)CCN1CCCC1)C(C)C. The lowest BCUT2D eigenvalue weighted by atomic mass is 10.0. The van der Waals surface area contributed by atoms with Gasteiger partial charge in [0.05, 0.1) is 0 Å². The highest BCUT2D eigenvalue weighted by Gasteiger charge is 2.16. The van der Waals surface area contributed by atoms with Crippen LogP contribution in [0.15, 0.2) is 0 Å². The van der Waals surface area contributed by atoms with E-state index in [1.165, 1.54) is 52.0 Å². The van der Waals surface area contributed by atoms with Gasteiger partial charge in [-0.2, -0.15) is 0 Å². The van der Waals surface area contributed by atoms with Crippen molar-refractivity contribution in [1.82, 2.24) is 15.1 Å². The number of hydrogen-bond acceptors (Lipinski definition) is 3. The molecule has 0 amide bonds. The van der Waals surface area contributed by atoms with Gasteiger partial charge in [0.1, 0.15) is 0 Å². The van der Waals surface area contributed by atoms with Gasteiger partial charge in [-0.3, -0.25) is 0 Å². The lowest BCUT2D eigenvalue weighted by Gasteiger charge is -2.29. The van der Waals surface area contributed by atoms with Gasteiger partial charge < -0.3 is 15.1 Å². The van der Waals surface area contributed by atoms with Crippen LogP contribution in [0.5, 0.6) is 0 Å². The Morgan fingerprint density at radius 1 is 1.22 bits per heavy atom. The van der Waals surface area contributed by atoms with E-state index in [1.807, 2.05) is 0 Å². The summed E-state index contributed by atoms with van der Waals surface area (Å²) in [7, 11) is 2.26. The molecule has 1 heterocycles. The molecule has 1 saturated heterocycles. The molecule has 0 spiro atoms. The molecule has 1 fully saturated rings. The van der Waals surface area contributed by atoms with Gasteiger partial charge in [-0.25, -0.2) is 0 Å². The molecule has 108 valence electrons. The fourth-order valence-corrected chi connectivity index (χ4v) is 2.59. The normalized spacial score (nSPS) is 19.0. The molecule has 3 heteroatoms. The average molecular weight is 255 g/mol. The van der Waals surface area contributed by atoms with Gasteiger partial charge in [0.2, 0.25) is 0 Å². The van der Waals surface area contributed by atoms with Crippen LogP contribution in [0.3, 0.4) is 0 Å². The summed E-state index contributed by atoms with van der Waals surface area (Å²) in [5.41, 5.74) is 0. The molecule has 1 aliphatic rings. The molecule has 1 rings (SSSR count). The van der Waals surface area contributed by atoms with Gasteiger partial charge in [0, 0.05) is 25.7 Å². The zero-order chi connectivity index (χ0) is 13.4. The first-order valence-electron chi connectivity index (χ1n) is 7.77. The summed E-state index contributed by atoms with van der Waals surface area (Å²) in [6, 6.07) is 0.633. The maximum atomic E-state index is 3.67. The Morgan fingerprint density at radius 2 is 1.89 bits per heavy atom. The summed E-state index contributed by atoms with van der Waals surface area (Å²) in [6.45, 7) is 14.3. The summed E-state index contributed by atoms with van der Waals surface area (Å²) in [5.74, 6) is 0.714. The molecule has 0 radical (unpaired) electrons. The number of nitrogens with one attached hydrogen (secondary N) is 1. The van der Waals surface area contributed by atoms with E-state index in [9.17, 15) is 0 Å². The summed E-state index contributed by atoms with van der Waals surface area (Å²) in [4.78, 5) is 5.09. The van der Waals surface area contributed by atoms with Crippen LogP contribution in [0.1, 0.15) is 40.0 Å². The monoisotopic (exact) mass is 255 g/mol. The van der Waals surface area contributed by atoms with E-state index in [0.717, 1.165) is 6.54 Å². The topological polar surface area (TPSA) is 18.5 Å². The molecule has 1 N–H and O–H groups in total. The Hall–Kier alpha value is -0.120. The Bertz CT molecular complexity index is 200. The summed E-state index contributed by atoms with van der Waals surface area (Å²) in [5, 5.41) is 3.67. The quantitative estimate of drug-likeness (QED) is 0.680. The van der Waals surface area contributed by atoms with E-state index in [-0.39, 0.29) is 0 Å². The second-order valence-corrected chi connectivity index (χ2v) is 6.12. The molecule has 1 atom stereocenters. The first-order chi connectivity index (χ1) is 8.63. The number of rotatable bonds is 9. The number of likely N-dealkylation sites (N-methyl/N-ethyl adjacent to an activating group) is 1. The van der Waals surface area contributed by atoms with Crippen molar-refractivity contribution in [3.8, 4) is 0 Å². The van der Waals surface area contributed by atoms with Gasteiger partial charge in [-0.05, 0) is 51.9 Å². The minimum Gasteiger partial charge on any atom is -0.312 e. The standard InChI is InChI=1S/C15H33N3/c1-5-8-16-15(14(2)3)13-17(4)11-12-18-9-6-7-10-18/h14-16H,5-13H2,1-4H3. The Kier molecular flexibility index (Phi) is 7.87. The molecular weight excluding hydrogens is 222 g/mol. The molecular formula is C15H33N3. The molecule has 18 heavy (non-hydrogen) atoms. The highest BCUT2D eigenvalue weighted by Crippen LogP contribution is 2.07. The van der Waals surface area contributed by atoms with Gasteiger partial charge >= 0.3 is 0 Å². The van der Waals surface area contributed by atoms with Crippen molar-refractivity contribution in [3.63, 3.8) is 0 Å². The van der Waals surface area contributed by atoms with Crippen molar-refractivity contribution < 1.29 is 0 Å². The maximum absolute atomic E-state index is 3.67. The summed E-state index contributed by atoms with van der Waals surface area (Å²) < 4.78 is 0. The van der Waals surface area contributed by atoms with Crippen molar-refractivity contribution in [1.29, 1.82) is 0 Å². The Labute approximate surface area is 114 Å². The van der Waals surface area contributed by atoms with Crippen LogP contribution in [-0.4, -0.2) is 62.2 Å². The van der Waals surface area contributed by atoms with Crippen LogP contribution >= 0.6 is 0 Å². The third-order valence-electron chi connectivity index (χ3n) is 3.97. The van der Waals surface area contributed by atoms with Crippen LogP contribution in [-0.2, 0) is 0 Å². The predicted octanol–water partition coefficient (Wildman–Crippen LogP) is 2.04. The number of likely N-dealkylation sites (tertiary alicyclic amines) is 1. The predicted molar refractivity (Wildman–Crippen MR) is 80.1 cm³/mol. The third-order valence-corrected chi connectivity index (χ3v) is 3.97. The molecule has 0 aliphatic carbocycles. The van der Waals surface area contributed by atoms with E-state index in [1.54, 1.807) is 0 Å². The fourth-order valence-electron chi connectivity index (χ4n) is 2.59. The fraction of sp³-hybridized carbons (Fsp3) is 1.00. The molecule has 0 saturated carbocycles.